The summed E-state index contributed by atoms with van der Waals surface area (Å²) < 4.78 is 13.7. The lowest BCUT2D eigenvalue weighted by atomic mass is 9.96. The second kappa shape index (κ2) is 7.00. The van der Waals surface area contributed by atoms with Crippen LogP contribution in [0.25, 0.3) is 0 Å². The van der Waals surface area contributed by atoms with Crippen molar-refractivity contribution >= 4 is 23.4 Å². The largest absolute Gasteiger partial charge is 0.290 e. The van der Waals surface area contributed by atoms with Gasteiger partial charge in [0, 0.05) is 21.8 Å². The van der Waals surface area contributed by atoms with Gasteiger partial charge in [0.05, 0.1) is 6.42 Å². The Hall–Kier alpha value is -2.41. The molecule has 3 N–H and O–H groups in total. The van der Waals surface area contributed by atoms with Crippen molar-refractivity contribution in [2.45, 2.75) is 32.1 Å². The number of nitrogens with one attached hydrogen (secondary N) is 3. The molecular formula is C16H16ClFN4O2. The van der Waals surface area contributed by atoms with E-state index in [0.29, 0.717) is 0 Å². The van der Waals surface area contributed by atoms with Crippen LogP contribution in [-0.2, 0) is 24.1 Å². The first kappa shape index (κ1) is 16.4. The molecule has 3 rings (SSSR count). The van der Waals surface area contributed by atoms with Crippen LogP contribution in [0.1, 0.15) is 40.2 Å². The first-order chi connectivity index (χ1) is 11.6. The number of fused-ring (bicyclic) bond motifs is 1. The van der Waals surface area contributed by atoms with Crippen molar-refractivity contribution in [3.63, 3.8) is 0 Å². The molecule has 0 spiro atoms. The van der Waals surface area contributed by atoms with E-state index in [0.717, 1.165) is 36.9 Å². The van der Waals surface area contributed by atoms with Crippen LogP contribution in [0.15, 0.2) is 18.2 Å². The molecule has 6 nitrogen and oxygen atoms in total. The Bertz CT molecular complexity index is 770. The number of carbonyl (C=O) groups excluding carboxylic acids is 2. The summed E-state index contributed by atoms with van der Waals surface area (Å²) in [6.45, 7) is 0. The average Bonchev–Trinajstić information content (AvgIpc) is 3.00. The van der Waals surface area contributed by atoms with Gasteiger partial charge in [0.2, 0.25) is 5.91 Å². The number of hydrogen-bond acceptors (Lipinski definition) is 3. The third-order valence-corrected chi connectivity index (χ3v) is 4.34. The van der Waals surface area contributed by atoms with Gasteiger partial charge in [0.1, 0.15) is 5.82 Å². The molecule has 0 unspecified atom stereocenters. The van der Waals surface area contributed by atoms with E-state index in [4.69, 9.17) is 11.6 Å². The Balaban J connectivity index is 1.60. The number of hydrogen-bond donors (Lipinski definition) is 3. The van der Waals surface area contributed by atoms with Gasteiger partial charge in [-0.25, -0.2) is 4.39 Å². The molecule has 1 aliphatic carbocycles. The van der Waals surface area contributed by atoms with E-state index in [2.05, 4.69) is 21.0 Å². The van der Waals surface area contributed by atoms with Crippen molar-refractivity contribution in [2.75, 3.05) is 0 Å². The Morgan fingerprint density at radius 2 is 2.04 bits per heavy atom. The van der Waals surface area contributed by atoms with Gasteiger partial charge in [0.15, 0.2) is 5.69 Å². The number of aromatic amines is 1. The van der Waals surface area contributed by atoms with Crippen LogP contribution in [0.2, 0.25) is 5.02 Å². The van der Waals surface area contributed by atoms with Crippen molar-refractivity contribution in [2.24, 2.45) is 0 Å². The monoisotopic (exact) mass is 350 g/mol. The van der Waals surface area contributed by atoms with Crippen LogP contribution in [0.3, 0.4) is 0 Å². The van der Waals surface area contributed by atoms with Crippen LogP contribution < -0.4 is 10.9 Å². The summed E-state index contributed by atoms with van der Waals surface area (Å²) in [6.07, 6.45) is 3.45. The number of aromatic nitrogens is 2. The summed E-state index contributed by atoms with van der Waals surface area (Å²) in [5, 5.41) is 7.04. The lowest BCUT2D eigenvalue weighted by Crippen LogP contribution is -2.43. The van der Waals surface area contributed by atoms with Crippen molar-refractivity contribution in [3.05, 3.63) is 51.6 Å². The molecule has 126 valence electrons. The number of benzene rings is 1. The smallest absolute Gasteiger partial charge is 0.281 e. The Labute approximate surface area is 142 Å². The van der Waals surface area contributed by atoms with Crippen molar-refractivity contribution in [1.29, 1.82) is 0 Å². The summed E-state index contributed by atoms with van der Waals surface area (Å²) in [6, 6.07) is 4.19. The minimum Gasteiger partial charge on any atom is -0.281 e. The number of H-pyrrole nitrogens is 1. The molecule has 0 atom stereocenters. The fourth-order valence-corrected chi connectivity index (χ4v) is 2.99. The molecule has 2 amide bonds. The lowest BCUT2D eigenvalue weighted by molar-refractivity contribution is -0.121. The molecule has 2 aromatic rings. The molecule has 0 bridgehead atoms. The number of halogens is 2. The van der Waals surface area contributed by atoms with Crippen molar-refractivity contribution < 1.29 is 14.0 Å². The van der Waals surface area contributed by atoms with Gasteiger partial charge in [-0.1, -0.05) is 17.7 Å². The third-order valence-electron chi connectivity index (χ3n) is 3.99. The van der Waals surface area contributed by atoms with Gasteiger partial charge in [-0.05, 0) is 37.8 Å². The molecule has 0 saturated heterocycles. The van der Waals surface area contributed by atoms with Crippen LogP contribution in [-0.4, -0.2) is 22.0 Å². The van der Waals surface area contributed by atoms with Gasteiger partial charge in [-0.15, -0.1) is 0 Å². The van der Waals surface area contributed by atoms with E-state index in [1.54, 1.807) is 0 Å². The highest BCUT2D eigenvalue weighted by molar-refractivity contribution is 6.31. The number of rotatable bonds is 3. The van der Waals surface area contributed by atoms with Crippen LogP contribution in [0, 0.1) is 5.82 Å². The van der Waals surface area contributed by atoms with Crippen molar-refractivity contribution in [1.82, 2.24) is 21.0 Å². The highest BCUT2D eigenvalue weighted by Crippen LogP contribution is 2.22. The van der Waals surface area contributed by atoms with Crippen LogP contribution in [0.4, 0.5) is 4.39 Å². The Morgan fingerprint density at radius 1 is 1.25 bits per heavy atom. The second-order valence-corrected chi connectivity index (χ2v) is 6.02. The third kappa shape index (κ3) is 3.41. The first-order valence-corrected chi connectivity index (χ1v) is 8.02. The van der Waals surface area contributed by atoms with Crippen molar-refractivity contribution in [3.8, 4) is 0 Å². The summed E-state index contributed by atoms with van der Waals surface area (Å²) >= 11 is 5.88. The topological polar surface area (TPSA) is 86.9 Å². The zero-order valence-electron chi connectivity index (χ0n) is 12.8. The van der Waals surface area contributed by atoms with Gasteiger partial charge in [0.25, 0.3) is 5.91 Å². The molecule has 24 heavy (non-hydrogen) atoms. The molecule has 8 heteroatoms. The molecular weight excluding hydrogens is 335 g/mol. The second-order valence-electron chi connectivity index (χ2n) is 5.62. The molecule has 0 aliphatic heterocycles. The molecule has 1 heterocycles. The first-order valence-electron chi connectivity index (χ1n) is 7.64. The van der Waals surface area contributed by atoms with Crippen LogP contribution in [0.5, 0.6) is 0 Å². The highest BCUT2D eigenvalue weighted by atomic mass is 35.5. The summed E-state index contributed by atoms with van der Waals surface area (Å²) in [7, 11) is 0. The number of nitrogens with zero attached hydrogens (tertiary/aromatic N) is 1. The minimum atomic E-state index is -0.570. The van der Waals surface area contributed by atoms with Gasteiger partial charge in [-0.3, -0.25) is 25.5 Å². The predicted octanol–water partition coefficient (Wildman–Crippen LogP) is 2.08. The van der Waals surface area contributed by atoms with E-state index in [1.165, 1.54) is 18.2 Å². The van der Waals surface area contributed by atoms with E-state index in [-0.39, 0.29) is 22.7 Å². The quantitative estimate of drug-likeness (QED) is 0.741. The van der Waals surface area contributed by atoms with E-state index < -0.39 is 17.6 Å². The standard InChI is InChI=1S/C16H16ClFN4O2/c17-11-5-3-6-12(18)10(11)8-14(23)20-22-16(24)15-9-4-1-2-7-13(9)19-21-15/h3,5-6H,1-2,4,7-8H2,(H,19,21)(H,20,23)(H,22,24). The molecule has 1 aliphatic rings. The molecule has 1 aromatic carbocycles. The van der Waals surface area contributed by atoms with E-state index in [1.807, 2.05) is 0 Å². The maximum atomic E-state index is 13.7. The Kier molecular flexibility index (Phi) is 4.80. The Morgan fingerprint density at radius 3 is 2.83 bits per heavy atom. The molecule has 0 radical (unpaired) electrons. The average molecular weight is 351 g/mol. The number of hydrazine groups is 1. The summed E-state index contributed by atoms with van der Waals surface area (Å²) in [5.41, 5.74) is 6.80. The fourth-order valence-electron chi connectivity index (χ4n) is 2.76. The molecule has 0 saturated carbocycles. The zero-order chi connectivity index (χ0) is 17.1. The highest BCUT2D eigenvalue weighted by Gasteiger charge is 2.22. The molecule has 0 fully saturated rings. The zero-order valence-corrected chi connectivity index (χ0v) is 13.5. The minimum absolute atomic E-state index is 0.0862. The SMILES string of the molecule is O=C(Cc1c(F)cccc1Cl)NNC(=O)c1n[nH]c2c1CCCC2. The number of amides is 2. The fraction of sp³-hybridized carbons (Fsp3) is 0.312. The van der Waals surface area contributed by atoms with Gasteiger partial charge < -0.3 is 0 Å². The number of aryl methyl sites for hydroxylation is 1. The van der Waals surface area contributed by atoms with E-state index in [9.17, 15) is 14.0 Å². The van der Waals surface area contributed by atoms with Gasteiger partial charge in [-0.2, -0.15) is 5.10 Å². The molecule has 1 aromatic heterocycles. The van der Waals surface area contributed by atoms with Crippen LogP contribution >= 0.6 is 11.6 Å². The van der Waals surface area contributed by atoms with Gasteiger partial charge >= 0.3 is 0 Å². The van der Waals surface area contributed by atoms with E-state index >= 15 is 0 Å². The maximum Gasteiger partial charge on any atom is 0.290 e. The number of carbonyl (C=O) groups is 2. The summed E-state index contributed by atoms with van der Waals surface area (Å²) in [5.74, 6) is -1.63. The summed E-state index contributed by atoms with van der Waals surface area (Å²) in [4.78, 5) is 24.1. The predicted molar refractivity (Wildman–Crippen MR) is 86.0 cm³/mol. The lowest BCUT2D eigenvalue weighted by Gasteiger charge is -2.11. The normalized spacial score (nSPS) is 13.2. The maximum absolute atomic E-state index is 13.7.